The molecular formula is C26H27N7O2. The topological polar surface area (TPSA) is 108 Å². The van der Waals surface area contributed by atoms with Gasteiger partial charge >= 0.3 is 0 Å². The van der Waals surface area contributed by atoms with Crippen molar-refractivity contribution in [3.05, 3.63) is 72.1 Å². The molecule has 2 aliphatic heterocycles. The summed E-state index contributed by atoms with van der Waals surface area (Å²) in [5, 5.41) is 20.7. The molecule has 0 unspecified atom stereocenters. The second-order valence-electron chi connectivity index (χ2n) is 9.78. The Bertz CT molecular complexity index is 1420. The van der Waals surface area contributed by atoms with Crippen LogP contribution >= 0.6 is 0 Å². The maximum absolute atomic E-state index is 12.3. The smallest absolute Gasteiger partial charge is 0.247 e. The second kappa shape index (κ2) is 8.06. The number of aliphatic hydroxyl groups is 1. The number of benzene rings is 2. The summed E-state index contributed by atoms with van der Waals surface area (Å²) in [5.41, 5.74) is 3.85. The minimum Gasteiger partial charge on any atom is -0.396 e. The number of carbonyl (C=O) groups is 1. The highest BCUT2D eigenvalue weighted by atomic mass is 16.3. The number of amides is 1. The summed E-state index contributed by atoms with van der Waals surface area (Å²) in [6.07, 6.45) is 4.35. The molecule has 0 saturated carbocycles. The molecule has 0 aliphatic carbocycles. The maximum Gasteiger partial charge on any atom is 0.247 e. The van der Waals surface area contributed by atoms with Crippen molar-refractivity contribution in [2.24, 2.45) is 5.92 Å². The van der Waals surface area contributed by atoms with Crippen LogP contribution in [0, 0.1) is 5.92 Å². The number of fused-ring (bicyclic) bond motifs is 2. The van der Waals surface area contributed by atoms with Crippen molar-refractivity contribution >= 4 is 34.7 Å². The molecule has 1 amide bonds. The van der Waals surface area contributed by atoms with E-state index in [0.717, 1.165) is 29.2 Å². The highest BCUT2D eigenvalue weighted by Gasteiger charge is 2.38. The van der Waals surface area contributed by atoms with Gasteiger partial charge in [0.05, 0.1) is 11.5 Å². The zero-order chi connectivity index (χ0) is 24.2. The number of anilines is 4. The molecule has 0 spiro atoms. The van der Waals surface area contributed by atoms with Crippen LogP contribution in [0.5, 0.6) is 0 Å². The van der Waals surface area contributed by atoms with E-state index in [1.54, 1.807) is 16.9 Å². The molecule has 178 valence electrons. The summed E-state index contributed by atoms with van der Waals surface area (Å²) < 4.78 is 1.72. The van der Waals surface area contributed by atoms with Gasteiger partial charge in [-0.3, -0.25) is 4.79 Å². The number of nitrogens with one attached hydrogen (secondary N) is 2. The Morgan fingerprint density at radius 1 is 1.20 bits per heavy atom. The molecule has 0 bridgehead atoms. The maximum atomic E-state index is 12.3. The van der Waals surface area contributed by atoms with Crippen LogP contribution in [0.4, 0.5) is 23.1 Å². The number of carbonyl (C=O) groups excluding carboxylic acids is 1. The SMILES string of the molecule is CC1(C)C(=O)Nc2cc(Nc3nc4c(N5C[C@H](CO)C[C@H]5c5ccccc5)nccn4n3)ccc21. The summed E-state index contributed by atoms with van der Waals surface area (Å²) >= 11 is 0. The van der Waals surface area contributed by atoms with Gasteiger partial charge in [-0.25, -0.2) is 9.50 Å². The van der Waals surface area contributed by atoms with Crippen LogP contribution in [-0.2, 0) is 10.2 Å². The van der Waals surface area contributed by atoms with Gasteiger partial charge in [0.15, 0.2) is 11.5 Å². The minimum atomic E-state index is -0.548. The van der Waals surface area contributed by atoms with E-state index in [9.17, 15) is 9.90 Å². The average molecular weight is 470 g/mol. The van der Waals surface area contributed by atoms with E-state index in [1.807, 2.05) is 50.2 Å². The molecule has 2 aromatic heterocycles. The number of hydrogen-bond acceptors (Lipinski definition) is 7. The van der Waals surface area contributed by atoms with Gasteiger partial charge in [-0.2, -0.15) is 4.98 Å². The molecule has 1 saturated heterocycles. The van der Waals surface area contributed by atoms with E-state index in [1.165, 1.54) is 5.56 Å². The predicted molar refractivity (Wildman–Crippen MR) is 134 cm³/mol. The number of aliphatic hydroxyl groups excluding tert-OH is 1. The van der Waals surface area contributed by atoms with Crippen LogP contribution in [0.25, 0.3) is 5.65 Å². The first-order chi connectivity index (χ1) is 16.9. The van der Waals surface area contributed by atoms with Crippen molar-refractivity contribution in [1.82, 2.24) is 19.6 Å². The molecule has 4 aromatic rings. The molecule has 2 atom stereocenters. The van der Waals surface area contributed by atoms with Crippen LogP contribution in [-0.4, -0.2) is 43.7 Å². The Morgan fingerprint density at radius 2 is 2.03 bits per heavy atom. The highest BCUT2D eigenvalue weighted by molar-refractivity contribution is 6.06. The molecule has 4 heterocycles. The van der Waals surface area contributed by atoms with Crippen molar-refractivity contribution in [3.8, 4) is 0 Å². The van der Waals surface area contributed by atoms with Crippen LogP contribution < -0.4 is 15.5 Å². The lowest BCUT2D eigenvalue weighted by Crippen LogP contribution is -2.26. The number of rotatable bonds is 5. The quantitative estimate of drug-likeness (QED) is 0.409. The van der Waals surface area contributed by atoms with Crippen molar-refractivity contribution in [2.75, 3.05) is 28.7 Å². The average Bonchev–Trinajstić information content (AvgIpc) is 3.53. The molecule has 35 heavy (non-hydrogen) atoms. The number of hydrogen-bond donors (Lipinski definition) is 3. The molecule has 3 N–H and O–H groups in total. The monoisotopic (exact) mass is 469 g/mol. The fraction of sp³-hybridized carbons (Fsp3) is 0.308. The lowest BCUT2D eigenvalue weighted by molar-refractivity contribution is -0.119. The summed E-state index contributed by atoms with van der Waals surface area (Å²) in [6, 6.07) is 16.2. The summed E-state index contributed by atoms with van der Waals surface area (Å²) in [7, 11) is 0. The lowest BCUT2D eigenvalue weighted by atomic mass is 9.86. The first-order valence-electron chi connectivity index (χ1n) is 11.8. The Kier molecular flexibility index (Phi) is 4.96. The predicted octanol–water partition coefficient (Wildman–Crippen LogP) is 3.66. The zero-order valence-corrected chi connectivity index (χ0v) is 19.6. The zero-order valence-electron chi connectivity index (χ0n) is 19.6. The van der Waals surface area contributed by atoms with Crippen LogP contribution in [0.1, 0.15) is 37.4 Å². The molecule has 6 rings (SSSR count). The van der Waals surface area contributed by atoms with E-state index in [4.69, 9.17) is 4.98 Å². The molecule has 2 aromatic carbocycles. The Labute approximate surface area is 202 Å². The summed E-state index contributed by atoms with van der Waals surface area (Å²) in [6.45, 7) is 4.66. The molecular weight excluding hydrogens is 442 g/mol. The first-order valence-corrected chi connectivity index (χ1v) is 11.8. The van der Waals surface area contributed by atoms with E-state index < -0.39 is 5.41 Å². The van der Waals surface area contributed by atoms with Crippen LogP contribution in [0.3, 0.4) is 0 Å². The van der Waals surface area contributed by atoms with Crippen LogP contribution in [0.2, 0.25) is 0 Å². The molecule has 2 aliphatic rings. The van der Waals surface area contributed by atoms with E-state index >= 15 is 0 Å². The fourth-order valence-electron chi connectivity index (χ4n) is 5.14. The normalized spacial score (nSPS) is 20.8. The fourth-order valence-corrected chi connectivity index (χ4v) is 5.14. The Morgan fingerprint density at radius 3 is 2.83 bits per heavy atom. The molecule has 9 nitrogen and oxygen atoms in total. The largest absolute Gasteiger partial charge is 0.396 e. The Hall–Kier alpha value is -3.98. The molecule has 1 fully saturated rings. The van der Waals surface area contributed by atoms with Gasteiger partial charge in [0.2, 0.25) is 11.9 Å². The van der Waals surface area contributed by atoms with E-state index in [2.05, 4.69) is 37.7 Å². The number of nitrogens with zero attached hydrogens (tertiary/aromatic N) is 5. The summed E-state index contributed by atoms with van der Waals surface area (Å²) in [5.74, 6) is 1.33. The third kappa shape index (κ3) is 3.59. The minimum absolute atomic E-state index is 0.00834. The van der Waals surface area contributed by atoms with Crippen molar-refractivity contribution in [2.45, 2.75) is 31.7 Å². The van der Waals surface area contributed by atoms with Gasteiger partial charge in [0.25, 0.3) is 0 Å². The Balaban J connectivity index is 1.33. The van der Waals surface area contributed by atoms with Gasteiger partial charge in [0.1, 0.15) is 0 Å². The van der Waals surface area contributed by atoms with Crippen molar-refractivity contribution < 1.29 is 9.90 Å². The third-order valence-electron chi connectivity index (χ3n) is 7.10. The van der Waals surface area contributed by atoms with E-state index in [-0.39, 0.29) is 24.5 Å². The first kappa shape index (κ1) is 21.5. The van der Waals surface area contributed by atoms with Crippen LogP contribution in [0.15, 0.2) is 60.9 Å². The number of aromatic nitrogens is 4. The van der Waals surface area contributed by atoms with Gasteiger partial charge < -0.3 is 20.6 Å². The second-order valence-corrected chi connectivity index (χ2v) is 9.78. The van der Waals surface area contributed by atoms with Crippen molar-refractivity contribution in [1.29, 1.82) is 0 Å². The van der Waals surface area contributed by atoms with Gasteiger partial charge in [-0.05, 0) is 43.5 Å². The van der Waals surface area contributed by atoms with Gasteiger partial charge in [-0.15, -0.1) is 5.10 Å². The van der Waals surface area contributed by atoms with Crippen molar-refractivity contribution in [3.63, 3.8) is 0 Å². The highest BCUT2D eigenvalue weighted by Crippen LogP contribution is 2.40. The standard InChI is InChI=1S/C26H27N7O2/c1-26(2)19-9-8-18(13-20(19)29-24(26)35)28-25-30-23-22(27-10-11-33(23)31-25)32-14-16(15-34)12-21(32)17-6-4-3-5-7-17/h3-11,13,16,21,34H,12,14-15H2,1-2H3,(H,28,31)(H,29,35)/t16-,21+/m1/s1. The van der Waals surface area contributed by atoms with Gasteiger partial charge in [-0.1, -0.05) is 36.4 Å². The summed E-state index contributed by atoms with van der Waals surface area (Å²) in [4.78, 5) is 23.9. The lowest BCUT2D eigenvalue weighted by Gasteiger charge is -2.26. The molecule has 0 radical (unpaired) electrons. The van der Waals surface area contributed by atoms with E-state index in [0.29, 0.717) is 18.1 Å². The molecule has 9 heteroatoms. The third-order valence-corrected chi connectivity index (χ3v) is 7.10. The van der Waals surface area contributed by atoms with Gasteiger partial charge in [0, 0.05) is 42.8 Å².